The van der Waals surface area contributed by atoms with Crippen LogP contribution in [0.2, 0.25) is 0 Å². The fraction of sp³-hybridized carbons (Fsp3) is 0.208. The predicted molar refractivity (Wildman–Crippen MR) is 119 cm³/mol. The number of alkyl halides is 3. The SMILES string of the molecule is O=C(c1ccc2nc3ccccc3c(=O)n2c1)N1CCN(c2cccc(C(F)(F)F)c2)CC1. The summed E-state index contributed by atoms with van der Waals surface area (Å²) in [6, 6.07) is 15.5. The molecule has 0 atom stereocenters. The number of aromatic nitrogens is 2. The summed E-state index contributed by atoms with van der Waals surface area (Å²) in [5.41, 5.74) is 0.930. The third-order valence-electron chi connectivity index (χ3n) is 5.87. The molecule has 168 valence electrons. The Bertz CT molecular complexity index is 1420. The highest BCUT2D eigenvalue weighted by Crippen LogP contribution is 2.32. The fourth-order valence-electron chi connectivity index (χ4n) is 4.11. The second-order valence-electron chi connectivity index (χ2n) is 7.91. The molecular formula is C24H19F3N4O2. The number of rotatable bonds is 2. The number of hydrogen-bond donors (Lipinski definition) is 0. The average Bonchev–Trinajstić information content (AvgIpc) is 2.83. The van der Waals surface area contributed by atoms with Gasteiger partial charge in [0, 0.05) is 38.1 Å². The lowest BCUT2D eigenvalue weighted by Crippen LogP contribution is -2.48. The lowest BCUT2D eigenvalue weighted by molar-refractivity contribution is -0.137. The van der Waals surface area contributed by atoms with Gasteiger partial charge in [0.15, 0.2) is 0 Å². The number of amides is 1. The molecular weight excluding hydrogens is 433 g/mol. The number of anilines is 1. The van der Waals surface area contributed by atoms with Gasteiger partial charge >= 0.3 is 6.18 Å². The molecule has 33 heavy (non-hydrogen) atoms. The van der Waals surface area contributed by atoms with Crippen LogP contribution in [0.15, 0.2) is 71.7 Å². The van der Waals surface area contributed by atoms with Crippen LogP contribution in [-0.2, 0) is 6.18 Å². The molecule has 2 aromatic heterocycles. The Balaban J connectivity index is 1.35. The average molecular weight is 452 g/mol. The molecule has 1 fully saturated rings. The van der Waals surface area contributed by atoms with Crippen molar-refractivity contribution in [3.8, 4) is 0 Å². The smallest absolute Gasteiger partial charge is 0.368 e. The van der Waals surface area contributed by atoms with E-state index in [2.05, 4.69) is 4.98 Å². The summed E-state index contributed by atoms with van der Waals surface area (Å²) in [6.45, 7) is 1.54. The minimum atomic E-state index is -4.40. The maximum absolute atomic E-state index is 13.1. The number of fused-ring (bicyclic) bond motifs is 2. The van der Waals surface area contributed by atoms with Crippen LogP contribution in [0.4, 0.5) is 18.9 Å². The van der Waals surface area contributed by atoms with Gasteiger partial charge in [0.1, 0.15) is 5.65 Å². The summed E-state index contributed by atoms with van der Waals surface area (Å²) in [5, 5.41) is 0.467. The molecule has 1 saturated heterocycles. The van der Waals surface area contributed by atoms with E-state index in [9.17, 15) is 22.8 Å². The van der Waals surface area contributed by atoms with Gasteiger partial charge in [-0.3, -0.25) is 14.0 Å². The highest BCUT2D eigenvalue weighted by Gasteiger charge is 2.31. The van der Waals surface area contributed by atoms with Crippen molar-refractivity contribution >= 4 is 28.1 Å². The van der Waals surface area contributed by atoms with E-state index in [0.717, 1.165) is 12.1 Å². The zero-order valence-corrected chi connectivity index (χ0v) is 17.4. The van der Waals surface area contributed by atoms with Crippen LogP contribution in [-0.4, -0.2) is 46.4 Å². The molecule has 2 aromatic carbocycles. The van der Waals surface area contributed by atoms with Crippen LogP contribution >= 0.6 is 0 Å². The molecule has 0 bridgehead atoms. The van der Waals surface area contributed by atoms with Crippen molar-refractivity contribution in [2.75, 3.05) is 31.1 Å². The number of nitrogens with zero attached hydrogens (tertiary/aromatic N) is 4. The molecule has 0 saturated carbocycles. The summed E-state index contributed by atoms with van der Waals surface area (Å²) >= 11 is 0. The summed E-state index contributed by atoms with van der Waals surface area (Å²) in [6.07, 6.45) is -2.90. The van der Waals surface area contributed by atoms with Crippen molar-refractivity contribution < 1.29 is 18.0 Å². The van der Waals surface area contributed by atoms with Crippen LogP contribution in [0.25, 0.3) is 16.6 Å². The predicted octanol–water partition coefficient (Wildman–Crippen LogP) is 3.83. The highest BCUT2D eigenvalue weighted by atomic mass is 19.4. The second-order valence-corrected chi connectivity index (χ2v) is 7.91. The third-order valence-corrected chi connectivity index (χ3v) is 5.87. The number of pyridine rings is 1. The quantitative estimate of drug-likeness (QED) is 0.434. The Morgan fingerprint density at radius 2 is 1.67 bits per heavy atom. The molecule has 0 aliphatic carbocycles. The third kappa shape index (κ3) is 3.90. The van der Waals surface area contributed by atoms with Gasteiger partial charge in [-0.15, -0.1) is 0 Å². The van der Waals surface area contributed by atoms with Gasteiger partial charge < -0.3 is 9.80 Å². The normalized spacial score (nSPS) is 14.8. The van der Waals surface area contributed by atoms with Crippen molar-refractivity contribution in [1.29, 1.82) is 0 Å². The van der Waals surface area contributed by atoms with Gasteiger partial charge in [0.2, 0.25) is 0 Å². The maximum Gasteiger partial charge on any atom is 0.416 e. The fourth-order valence-corrected chi connectivity index (χ4v) is 4.11. The first-order chi connectivity index (χ1) is 15.8. The lowest BCUT2D eigenvalue weighted by atomic mass is 10.1. The van der Waals surface area contributed by atoms with Crippen molar-refractivity contribution in [2.45, 2.75) is 6.18 Å². The Morgan fingerprint density at radius 3 is 2.42 bits per heavy atom. The minimum absolute atomic E-state index is 0.236. The Morgan fingerprint density at radius 1 is 0.909 bits per heavy atom. The standard InChI is InChI=1S/C24H19F3N4O2/c25-24(26,27)17-4-3-5-18(14-17)29-10-12-30(13-11-29)22(32)16-8-9-21-28-20-7-2-1-6-19(20)23(33)31(21)15-16/h1-9,14-15H,10-13H2. The summed E-state index contributed by atoms with van der Waals surface area (Å²) < 4.78 is 40.4. The van der Waals surface area contributed by atoms with Crippen LogP contribution in [0.1, 0.15) is 15.9 Å². The second kappa shape index (κ2) is 7.91. The summed E-state index contributed by atoms with van der Waals surface area (Å²) in [4.78, 5) is 33.9. The molecule has 0 unspecified atom stereocenters. The van der Waals surface area contributed by atoms with Crippen LogP contribution in [0.3, 0.4) is 0 Å². The molecule has 3 heterocycles. The van der Waals surface area contributed by atoms with Gasteiger partial charge in [0.25, 0.3) is 11.5 Å². The zero-order chi connectivity index (χ0) is 23.2. The van der Waals surface area contributed by atoms with E-state index in [-0.39, 0.29) is 11.5 Å². The van der Waals surface area contributed by atoms with E-state index in [4.69, 9.17) is 0 Å². The molecule has 5 rings (SSSR count). The Kier molecular flexibility index (Phi) is 5.03. The molecule has 1 amide bonds. The molecule has 9 heteroatoms. The van der Waals surface area contributed by atoms with Crippen molar-refractivity contribution in [3.05, 3.63) is 88.3 Å². The van der Waals surface area contributed by atoms with E-state index in [1.54, 1.807) is 41.3 Å². The number of benzene rings is 2. The number of hydrogen-bond acceptors (Lipinski definition) is 4. The van der Waals surface area contributed by atoms with Gasteiger partial charge in [-0.2, -0.15) is 13.2 Å². The lowest BCUT2D eigenvalue weighted by Gasteiger charge is -2.36. The first-order valence-electron chi connectivity index (χ1n) is 10.4. The molecule has 4 aromatic rings. The molecule has 0 N–H and O–H groups in total. The zero-order valence-electron chi connectivity index (χ0n) is 17.4. The van der Waals surface area contributed by atoms with Crippen LogP contribution in [0, 0.1) is 0 Å². The molecule has 0 radical (unpaired) electrons. The number of para-hydroxylation sites is 1. The van der Waals surface area contributed by atoms with Crippen LogP contribution in [0.5, 0.6) is 0 Å². The van der Waals surface area contributed by atoms with E-state index < -0.39 is 11.7 Å². The van der Waals surface area contributed by atoms with Gasteiger partial charge in [-0.25, -0.2) is 4.98 Å². The monoisotopic (exact) mass is 452 g/mol. The van der Waals surface area contributed by atoms with E-state index >= 15 is 0 Å². The van der Waals surface area contributed by atoms with Gasteiger partial charge in [-0.05, 0) is 42.5 Å². The van der Waals surface area contributed by atoms with E-state index in [0.29, 0.717) is 54.0 Å². The van der Waals surface area contributed by atoms with E-state index in [1.165, 1.54) is 16.7 Å². The van der Waals surface area contributed by atoms with Crippen molar-refractivity contribution in [1.82, 2.24) is 14.3 Å². The highest BCUT2D eigenvalue weighted by molar-refractivity contribution is 5.94. The summed E-state index contributed by atoms with van der Waals surface area (Å²) in [7, 11) is 0. The Hall–Kier alpha value is -3.88. The van der Waals surface area contributed by atoms with Crippen molar-refractivity contribution in [2.24, 2.45) is 0 Å². The molecule has 6 nitrogen and oxygen atoms in total. The number of carbonyl (C=O) groups excluding carboxylic acids is 1. The van der Waals surface area contributed by atoms with Gasteiger partial charge in [-0.1, -0.05) is 18.2 Å². The van der Waals surface area contributed by atoms with Crippen LogP contribution < -0.4 is 10.5 Å². The topological polar surface area (TPSA) is 57.9 Å². The van der Waals surface area contributed by atoms with E-state index in [1.807, 2.05) is 11.0 Å². The first kappa shape index (κ1) is 21.0. The minimum Gasteiger partial charge on any atom is -0.368 e. The number of carbonyl (C=O) groups is 1. The molecule has 1 aliphatic rings. The largest absolute Gasteiger partial charge is 0.416 e. The van der Waals surface area contributed by atoms with Crippen molar-refractivity contribution in [3.63, 3.8) is 0 Å². The number of piperazine rings is 1. The number of halogens is 3. The maximum atomic E-state index is 13.1. The van der Waals surface area contributed by atoms with Gasteiger partial charge in [0.05, 0.1) is 22.0 Å². The molecule has 0 spiro atoms. The Labute approximate surface area is 186 Å². The molecule has 1 aliphatic heterocycles. The first-order valence-corrected chi connectivity index (χ1v) is 10.4. The summed E-state index contributed by atoms with van der Waals surface area (Å²) in [5.74, 6) is -0.236.